The van der Waals surface area contributed by atoms with E-state index in [1.54, 1.807) is 24.5 Å². The molecule has 5 heteroatoms. The molecule has 3 rings (SSSR count). The molecule has 0 spiro atoms. The number of aromatic nitrogens is 1. The second-order valence-electron chi connectivity index (χ2n) is 6.66. The molecule has 2 unspecified atom stereocenters. The van der Waals surface area contributed by atoms with Crippen LogP contribution >= 0.6 is 0 Å². The fraction of sp³-hybridized carbons (Fsp3) is 0.625. The van der Waals surface area contributed by atoms with Gasteiger partial charge in [-0.05, 0) is 36.3 Å². The SMILES string of the molecule is CC1CNNC1C1(C)CCN(C(=O)c2ccncc2)CC1. The van der Waals surface area contributed by atoms with Crippen molar-refractivity contribution in [3.8, 4) is 0 Å². The maximum Gasteiger partial charge on any atom is 0.253 e. The number of nitrogens with zero attached hydrogens (tertiary/aromatic N) is 2. The number of pyridine rings is 1. The van der Waals surface area contributed by atoms with Gasteiger partial charge in [0, 0.05) is 43.6 Å². The van der Waals surface area contributed by atoms with Crippen molar-refractivity contribution in [1.29, 1.82) is 0 Å². The average Bonchev–Trinajstić information content (AvgIpc) is 2.95. The van der Waals surface area contributed by atoms with E-state index in [2.05, 4.69) is 29.7 Å². The highest BCUT2D eigenvalue weighted by molar-refractivity contribution is 5.94. The summed E-state index contributed by atoms with van der Waals surface area (Å²) in [5, 5.41) is 0. The number of nitrogens with one attached hydrogen (secondary N) is 2. The first-order valence-corrected chi connectivity index (χ1v) is 7.78. The quantitative estimate of drug-likeness (QED) is 0.864. The smallest absolute Gasteiger partial charge is 0.253 e. The van der Waals surface area contributed by atoms with Crippen molar-refractivity contribution in [2.75, 3.05) is 19.6 Å². The van der Waals surface area contributed by atoms with Crippen LogP contribution in [0.1, 0.15) is 37.0 Å². The Hall–Kier alpha value is -1.46. The van der Waals surface area contributed by atoms with E-state index in [0.717, 1.165) is 38.0 Å². The van der Waals surface area contributed by atoms with Crippen molar-refractivity contribution < 1.29 is 4.79 Å². The third-order valence-electron chi connectivity index (χ3n) is 5.12. The second-order valence-corrected chi connectivity index (χ2v) is 6.66. The van der Waals surface area contributed by atoms with Gasteiger partial charge in [-0.15, -0.1) is 0 Å². The van der Waals surface area contributed by atoms with E-state index >= 15 is 0 Å². The summed E-state index contributed by atoms with van der Waals surface area (Å²) in [6.07, 6.45) is 5.45. The van der Waals surface area contributed by atoms with Gasteiger partial charge < -0.3 is 4.90 Å². The molecule has 0 saturated carbocycles. The molecule has 21 heavy (non-hydrogen) atoms. The normalized spacial score (nSPS) is 28.6. The highest BCUT2D eigenvalue weighted by atomic mass is 16.2. The van der Waals surface area contributed by atoms with E-state index in [9.17, 15) is 4.79 Å². The van der Waals surface area contributed by atoms with Gasteiger partial charge in [0.25, 0.3) is 5.91 Å². The monoisotopic (exact) mass is 288 g/mol. The molecule has 0 bridgehead atoms. The lowest BCUT2D eigenvalue weighted by Gasteiger charge is -2.44. The molecule has 2 aliphatic heterocycles. The molecule has 2 saturated heterocycles. The zero-order chi connectivity index (χ0) is 14.9. The van der Waals surface area contributed by atoms with Gasteiger partial charge in [0.05, 0.1) is 0 Å². The largest absolute Gasteiger partial charge is 0.339 e. The molecular formula is C16H24N4O. The van der Waals surface area contributed by atoms with E-state index in [-0.39, 0.29) is 11.3 Å². The molecule has 1 amide bonds. The molecule has 1 aromatic heterocycles. The second kappa shape index (κ2) is 5.73. The first-order chi connectivity index (χ1) is 10.1. The summed E-state index contributed by atoms with van der Waals surface area (Å²) in [4.78, 5) is 18.4. The lowest BCUT2D eigenvalue weighted by molar-refractivity contribution is 0.0498. The minimum Gasteiger partial charge on any atom is -0.339 e. The third kappa shape index (κ3) is 2.80. The van der Waals surface area contributed by atoms with Gasteiger partial charge in [-0.2, -0.15) is 0 Å². The highest BCUT2D eigenvalue weighted by Crippen LogP contribution is 2.38. The first kappa shape index (κ1) is 14.5. The number of hydrogen-bond acceptors (Lipinski definition) is 4. The summed E-state index contributed by atoms with van der Waals surface area (Å²) < 4.78 is 0. The number of piperidine rings is 1. The number of hydrazine groups is 1. The van der Waals surface area contributed by atoms with E-state index in [4.69, 9.17) is 0 Å². The van der Waals surface area contributed by atoms with Crippen LogP contribution in [-0.4, -0.2) is 41.5 Å². The number of rotatable bonds is 2. The number of amides is 1. The predicted octanol–water partition coefficient (Wildman–Crippen LogP) is 1.44. The van der Waals surface area contributed by atoms with Crippen LogP contribution in [0.3, 0.4) is 0 Å². The lowest BCUT2D eigenvalue weighted by atomic mass is 9.71. The topological polar surface area (TPSA) is 57.3 Å². The Labute approximate surface area is 126 Å². The van der Waals surface area contributed by atoms with Gasteiger partial charge in [-0.25, -0.2) is 0 Å². The van der Waals surface area contributed by atoms with Gasteiger partial charge >= 0.3 is 0 Å². The van der Waals surface area contributed by atoms with Crippen LogP contribution in [0.15, 0.2) is 24.5 Å². The summed E-state index contributed by atoms with van der Waals surface area (Å²) in [6, 6.07) is 4.08. The van der Waals surface area contributed by atoms with Crippen molar-refractivity contribution in [2.24, 2.45) is 11.3 Å². The molecule has 2 N–H and O–H groups in total. The standard InChI is InChI=1S/C16H24N4O/c1-12-11-18-19-14(12)16(2)5-9-20(10-6-16)15(21)13-3-7-17-8-4-13/h3-4,7-8,12,14,18-19H,5-6,9-11H2,1-2H3. The summed E-state index contributed by atoms with van der Waals surface area (Å²) >= 11 is 0. The molecule has 3 heterocycles. The zero-order valence-corrected chi connectivity index (χ0v) is 12.8. The Morgan fingerprint density at radius 1 is 1.33 bits per heavy atom. The van der Waals surface area contributed by atoms with Crippen molar-refractivity contribution >= 4 is 5.91 Å². The van der Waals surface area contributed by atoms with Crippen LogP contribution in [0.25, 0.3) is 0 Å². The number of likely N-dealkylation sites (tertiary alicyclic amines) is 1. The van der Waals surface area contributed by atoms with Crippen LogP contribution in [0.5, 0.6) is 0 Å². The fourth-order valence-electron chi connectivity index (χ4n) is 3.66. The molecule has 0 aliphatic carbocycles. The van der Waals surface area contributed by atoms with E-state index in [1.165, 1.54) is 0 Å². The Morgan fingerprint density at radius 2 is 2.00 bits per heavy atom. The van der Waals surface area contributed by atoms with Gasteiger partial charge in [-0.3, -0.25) is 20.6 Å². The van der Waals surface area contributed by atoms with Crippen molar-refractivity contribution in [3.63, 3.8) is 0 Å². The Morgan fingerprint density at radius 3 is 2.57 bits per heavy atom. The van der Waals surface area contributed by atoms with Crippen molar-refractivity contribution in [2.45, 2.75) is 32.7 Å². The molecule has 114 valence electrons. The summed E-state index contributed by atoms with van der Waals surface area (Å²) in [6.45, 7) is 7.34. The molecule has 5 nitrogen and oxygen atoms in total. The Kier molecular flexibility index (Phi) is 3.95. The predicted molar refractivity (Wildman–Crippen MR) is 81.6 cm³/mol. The number of carbonyl (C=O) groups excluding carboxylic acids is 1. The van der Waals surface area contributed by atoms with Crippen LogP contribution in [0, 0.1) is 11.3 Å². The average molecular weight is 288 g/mol. The van der Waals surface area contributed by atoms with Crippen LogP contribution in [-0.2, 0) is 0 Å². The first-order valence-electron chi connectivity index (χ1n) is 7.78. The fourth-order valence-corrected chi connectivity index (χ4v) is 3.66. The van der Waals surface area contributed by atoms with Gasteiger partial charge in [0.15, 0.2) is 0 Å². The van der Waals surface area contributed by atoms with Crippen molar-refractivity contribution in [3.05, 3.63) is 30.1 Å². The number of carbonyl (C=O) groups is 1. The minimum absolute atomic E-state index is 0.130. The maximum absolute atomic E-state index is 12.5. The van der Waals surface area contributed by atoms with Crippen LogP contribution in [0.4, 0.5) is 0 Å². The van der Waals surface area contributed by atoms with E-state index in [0.29, 0.717) is 12.0 Å². The van der Waals surface area contributed by atoms with Gasteiger partial charge in [-0.1, -0.05) is 13.8 Å². The lowest BCUT2D eigenvalue weighted by Crippen LogP contribution is -2.51. The zero-order valence-electron chi connectivity index (χ0n) is 12.8. The van der Waals surface area contributed by atoms with Gasteiger partial charge in [0.2, 0.25) is 0 Å². The Balaban J connectivity index is 1.64. The van der Waals surface area contributed by atoms with Crippen molar-refractivity contribution in [1.82, 2.24) is 20.7 Å². The maximum atomic E-state index is 12.5. The molecule has 2 atom stereocenters. The third-order valence-corrected chi connectivity index (χ3v) is 5.12. The Bertz CT molecular complexity index is 496. The minimum atomic E-state index is 0.130. The van der Waals surface area contributed by atoms with Gasteiger partial charge in [0.1, 0.15) is 0 Å². The molecule has 1 aromatic rings. The molecular weight excluding hydrogens is 264 g/mol. The molecule has 2 aliphatic rings. The van der Waals surface area contributed by atoms with Crippen LogP contribution < -0.4 is 10.9 Å². The summed E-state index contributed by atoms with van der Waals surface area (Å²) in [7, 11) is 0. The number of hydrogen-bond donors (Lipinski definition) is 2. The summed E-state index contributed by atoms with van der Waals surface area (Å²) in [5.74, 6) is 0.766. The highest BCUT2D eigenvalue weighted by Gasteiger charge is 2.42. The van der Waals surface area contributed by atoms with Crippen LogP contribution in [0.2, 0.25) is 0 Å². The van der Waals surface area contributed by atoms with E-state index in [1.807, 2.05) is 4.90 Å². The molecule has 2 fully saturated rings. The molecule has 0 aromatic carbocycles. The molecule has 0 radical (unpaired) electrons. The summed E-state index contributed by atoms with van der Waals surface area (Å²) in [5.41, 5.74) is 7.70. The van der Waals surface area contributed by atoms with E-state index < -0.39 is 0 Å².